The van der Waals surface area contributed by atoms with Gasteiger partial charge in [-0.05, 0) is 23.5 Å². The first-order chi connectivity index (χ1) is 8.97. The van der Waals surface area contributed by atoms with E-state index in [0.717, 1.165) is 18.8 Å². The minimum atomic E-state index is -0.821. The van der Waals surface area contributed by atoms with Gasteiger partial charge in [-0.2, -0.15) is 0 Å². The van der Waals surface area contributed by atoms with Gasteiger partial charge in [-0.15, -0.1) is 0 Å². The Morgan fingerprint density at radius 1 is 1.42 bits per heavy atom. The average Bonchev–Trinajstić information content (AvgIpc) is 2.27. The molecule has 102 valence electrons. The molecule has 1 aromatic carbocycles. The first-order valence-electron chi connectivity index (χ1n) is 6.72. The molecule has 2 aliphatic heterocycles. The summed E-state index contributed by atoms with van der Waals surface area (Å²) in [6, 6.07) is 6.32. The highest BCUT2D eigenvalue weighted by atomic mass is 16.5. The summed E-state index contributed by atoms with van der Waals surface area (Å²) in [6.45, 7) is 6.46. The van der Waals surface area contributed by atoms with E-state index < -0.39 is 6.09 Å². The lowest BCUT2D eigenvalue weighted by molar-refractivity contribution is 0.105. The zero-order chi connectivity index (χ0) is 13.6. The zero-order valence-corrected chi connectivity index (χ0v) is 11.3. The molecule has 1 amide bonds. The van der Waals surface area contributed by atoms with Crippen molar-refractivity contribution in [3.05, 3.63) is 29.3 Å². The number of benzene rings is 1. The number of fused-ring (bicyclic) bond motifs is 1. The first-order valence-corrected chi connectivity index (χ1v) is 6.72. The second-order valence-electron chi connectivity index (χ2n) is 6.12. The van der Waals surface area contributed by atoms with E-state index in [2.05, 4.69) is 26.0 Å². The third-order valence-electron chi connectivity index (χ3n) is 4.34. The van der Waals surface area contributed by atoms with Crippen molar-refractivity contribution < 1.29 is 14.6 Å². The molecule has 0 radical (unpaired) electrons. The quantitative estimate of drug-likeness (QED) is 0.845. The molecule has 0 aliphatic carbocycles. The van der Waals surface area contributed by atoms with E-state index in [1.165, 1.54) is 16.0 Å². The molecule has 2 aliphatic rings. The van der Waals surface area contributed by atoms with Gasteiger partial charge < -0.3 is 14.7 Å². The third kappa shape index (κ3) is 2.05. The van der Waals surface area contributed by atoms with Crippen LogP contribution in [0.15, 0.2) is 18.2 Å². The van der Waals surface area contributed by atoms with E-state index in [1.807, 2.05) is 6.07 Å². The van der Waals surface area contributed by atoms with Gasteiger partial charge in [-0.25, -0.2) is 4.79 Å². The highest BCUT2D eigenvalue weighted by Gasteiger charge is 2.34. The predicted octanol–water partition coefficient (Wildman–Crippen LogP) is 2.82. The van der Waals surface area contributed by atoms with Crippen molar-refractivity contribution in [1.29, 1.82) is 0 Å². The summed E-state index contributed by atoms with van der Waals surface area (Å²) in [4.78, 5) is 12.3. The van der Waals surface area contributed by atoms with Crippen LogP contribution in [-0.4, -0.2) is 35.8 Å². The van der Waals surface area contributed by atoms with Crippen molar-refractivity contribution in [2.24, 2.45) is 0 Å². The number of hydrogen-bond donors (Lipinski definition) is 1. The van der Waals surface area contributed by atoms with Crippen molar-refractivity contribution in [1.82, 2.24) is 4.90 Å². The lowest BCUT2D eigenvalue weighted by Crippen LogP contribution is -2.47. The Balaban J connectivity index is 1.84. The van der Waals surface area contributed by atoms with Crippen molar-refractivity contribution in [3.8, 4) is 5.75 Å². The minimum absolute atomic E-state index is 0.139. The number of amides is 1. The molecule has 0 atom stereocenters. The molecular formula is C15H19NO3. The Hall–Kier alpha value is -1.71. The molecule has 0 saturated carbocycles. The number of rotatable bonds is 1. The van der Waals surface area contributed by atoms with Crippen molar-refractivity contribution in [2.45, 2.75) is 31.6 Å². The molecule has 4 heteroatoms. The van der Waals surface area contributed by atoms with Crippen LogP contribution < -0.4 is 4.74 Å². The van der Waals surface area contributed by atoms with E-state index in [4.69, 9.17) is 9.84 Å². The Labute approximate surface area is 113 Å². The number of carbonyl (C=O) groups is 1. The average molecular weight is 261 g/mol. The van der Waals surface area contributed by atoms with Crippen LogP contribution in [0.3, 0.4) is 0 Å². The zero-order valence-electron chi connectivity index (χ0n) is 11.3. The van der Waals surface area contributed by atoms with E-state index in [1.54, 1.807) is 0 Å². The highest BCUT2D eigenvalue weighted by Crippen LogP contribution is 2.40. The van der Waals surface area contributed by atoms with Gasteiger partial charge in [0.1, 0.15) is 5.75 Å². The molecule has 19 heavy (non-hydrogen) atoms. The molecule has 4 nitrogen and oxygen atoms in total. The Kier molecular flexibility index (Phi) is 2.69. The van der Waals surface area contributed by atoms with Crippen molar-refractivity contribution in [3.63, 3.8) is 0 Å². The lowest BCUT2D eigenvalue weighted by atomic mass is 9.78. The van der Waals surface area contributed by atoms with Crippen LogP contribution in [0.2, 0.25) is 0 Å². The van der Waals surface area contributed by atoms with Gasteiger partial charge in [0.05, 0.1) is 6.61 Å². The summed E-state index contributed by atoms with van der Waals surface area (Å²) in [5.74, 6) is 1.31. The van der Waals surface area contributed by atoms with Crippen LogP contribution in [0.5, 0.6) is 5.75 Å². The summed E-state index contributed by atoms with van der Waals surface area (Å²) in [6.07, 6.45) is 0.202. The summed E-state index contributed by atoms with van der Waals surface area (Å²) in [5.41, 5.74) is 2.62. The maximum Gasteiger partial charge on any atom is 0.407 e. The molecule has 1 fully saturated rings. The fourth-order valence-corrected chi connectivity index (χ4v) is 2.85. The second-order valence-corrected chi connectivity index (χ2v) is 6.12. The van der Waals surface area contributed by atoms with Crippen molar-refractivity contribution in [2.75, 3.05) is 19.7 Å². The van der Waals surface area contributed by atoms with Gasteiger partial charge in [0.2, 0.25) is 0 Å². The van der Waals surface area contributed by atoms with Crippen molar-refractivity contribution >= 4 is 6.09 Å². The Bertz CT molecular complexity index is 518. The van der Waals surface area contributed by atoms with E-state index in [-0.39, 0.29) is 5.41 Å². The van der Waals surface area contributed by atoms with E-state index in [9.17, 15) is 4.79 Å². The topological polar surface area (TPSA) is 49.8 Å². The lowest BCUT2D eigenvalue weighted by Gasteiger charge is -2.39. The molecule has 0 aromatic heterocycles. The SMILES string of the molecule is CC1(C)CCOc2ccc(C3CN(C(=O)O)C3)cc21. The molecule has 0 spiro atoms. The minimum Gasteiger partial charge on any atom is -0.493 e. The van der Waals surface area contributed by atoms with Gasteiger partial charge in [-0.3, -0.25) is 0 Å². The number of likely N-dealkylation sites (tertiary alicyclic amines) is 1. The van der Waals surface area contributed by atoms with Gasteiger partial charge in [0, 0.05) is 24.6 Å². The Morgan fingerprint density at radius 3 is 2.84 bits per heavy atom. The van der Waals surface area contributed by atoms with Gasteiger partial charge in [0.15, 0.2) is 0 Å². The van der Waals surface area contributed by atoms with Gasteiger partial charge >= 0.3 is 6.09 Å². The van der Waals surface area contributed by atoms with Crippen LogP contribution in [0.25, 0.3) is 0 Å². The maximum atomic E-state index is 10.8. The van der Waals surface area contributed by atoms with Crippen LogP contribution in [0.4, 0.5) is 4.79 Å². The molecule has 2 heterocycles. The number of carboxylic acid groups (broad SMARTS) is 1. The molecule has 3 rings (SSSR count). The smallest absolute Gasteiger partial charge is 0.407 e. The van der Waals surface area contributed by atoms with Crippen LogP contribution in [0, 0.1) is 0 Å². The fourth-order valence-electron chi connectivity index (χ4n) is 2.85. The maximum absolute atomic E-state index is 10.8. The summed E-state index contributed by atoms with van der Waals surface area (Å²) in [5, 5.41) is 8.88. The molecule has 1 N–H and O–H groups in total. The normalized spacial score (nSPS) is 21.3. The van der Waals surface area contributed by atoms with E-state index in [0.29, 0.717) is 19.0 Å². The highest BCUT2D eigenvalue weighted by molar-refractivity contribution is 5.66. The summed E-state index contributed by atoms with van der Waals surface area (Å²) in [7, 11) is 0. The third-order valence-corrected chi connectivity index (χ3v) is 4.34. The second kappa shape index (κ2) is 4.15. The standard InChI is InChI=1S/C15H19NO3/c1-15(2)5-6-19-13-4-3-10(7-12(13)15)11-8-16(9-11)14(17)18/h3-4,7,11H,5-6,8-9H2,1-2H3,(H,17,18). The summed E-state index contributed by atoms with van der Waals surface area (Å²) >= 11 is 0. The van der Waals surface area contributed by atoms with E-state index >= 15 is 0 Å². The summed E-state index contributed by atoms with van der Waals surface area (Å²) < 4.78 is 5.70. The number of ether oxygens (including phenoxy) is 1. The largest absolute Gasteiger partial charge is 0.493 e. The monoisotopic (exact) mass is 261 g/mol. The van der Waals surface area contributed by atoms with Gasteiger partial charge in [0.25, 0.3) is 0 Å². The molecular weight excluding hydrogens is 242 g/mol. The first kappa shape index (κ1) is 12.3. The predicted molar refractivity (Wildman–Crippen MR) is 71.9 cm³/mol. The molecule has 1 saturated heterocycles. The fraction of sp³-hybridized carbons (Fsp3) is 0.533. The number of hydrogen-bond acceptors (Lipinski definition) is 2. The molecule has 0 bridgehead atoms. The Morgan fingerprint density at radius 2 is 2.16 bits per heavy atom. The van der Waals surface area contributed by atoms with Gasteiger partial charge in [-0.1, -0.05) is 26.0 Å². The van der Waals surface area contributed by atoms with Crippen LogP contribution in [0.1, 0.15) is 37.3 Å². The molecule has 1 aromatic rings. The van der Waals surface area contributed by atoms with Crippen LogP contribution in [-0.2, 0) is 5.41 Å². The number of nitrogens with zero attached hydrogens (tertiary/aromatic N) is 1. The molecule has 0 unspecified atom stereocenters. The van der Waals surface area contributed by atoms with Crippen LogP contribution >= 0.6 is 0 Å².